The lowest BCUT2D eigenvalue weighted by molar-refractivity contribution is -0.152. The Bertz CT molecular complexity index is 490. The molecule has 5 heteroatoms. The number of carbonyl (C=O) groups is 2. The molecule has 0 radical (unpaired) electrons. The van der Waals surface area contributed by atoms with Gasteiger partial charge in [0.2, 0.25) is 5.91 Å². The second-order valence-corrected chi connectivity index (χ2v) is 5.41. The molecule has 1 saturated heterocycles. The third-order valence-electron chi connectivity index (χ3n) is 4.00. The first-order valence-corrected chi connectivity index (χ1v) is 7.38. The molecule has 1 aromatic carbocycles. The standard InChI is InChI=1S/C16H22N2O3/c1-17-13(11-12-7-3-2-4-8-12)15(19)18-10-6-5-9-14(18)16(20)21/h2-4,7-8,13-14,17H,5-6,9-11H2,1H3,(H,20,21)/t13-,14-/m0/s1. The van der Waals surface area contributed by atoms with E-state index in [1.165, 1.54) is 4.90 Å². The molecule has 1 amide bonds. The number of benzene rings is 1. The van der Waals surface area contributed by atoms with E-state index in [0.29, 0.717) is 19.4 Å². The fraction of sp³-hybridized carbons (Fsp3) is 0.500. The summed E-state index contributed by atoms with van der Waals surface area (Å²) in [7, 11) is 1.74. The van der Waals surface area contributed by atoms with Gasteiger partial charge in [-0.25, -0.2) is 4.79 Å². The van der Waals surface area contributed by atoms with Crippen LogP contribution in [0.1, 0.15) is 24.8 Å². The SMILES string of the molecule is CN[C@@H](Cc1ccccc1)C(=O)N1CCCC[C@H]1C(=O)O. The van der Waals surface area contributed by atoms with E-state index in [9.17, 15) is 14.7 Å². The van der Waals surface area contributed by atoms with Crippen LogP contribution in [0.2, 0.25) is 0 Å². The van der Waals surface area contributed by atoms with E-state index in [-0.39, 0.29) is 11.9 Å². The number of carbonyl (C=O) groups excluding carboxylic acids is 1. The summed E-state index contributed by atoms with van der Waals surface area (Å²) in [4.78, 5) is 25.5. The Hall–Kier alpha value is -1.88. The highest BCUT2D eigenvalue weighted by atomic mass is 16.4. The topological polar surface area (TPSA) is 69.6 Å². The lowest BCUT2D eigenvalue weighted by atomic mass is 9.99. The minimum atomic E-state index is -0.905. The summed E-state index contributed by atoms with van der Waals surface area (Å²) in [6.45, 7) is 0.531. The van der Waals surface area contributed by atoms with E-state index in [4.69, 9.17) is 0 Å². The summed E-state index contributed by atoms with van der Waals surface area (Å²) in [5.41, 5.74) is 1.06. The van der Waals surface area contributed by atoms with E-state index < -0.39 is 12.0 Å². The number of carboxylic acids is 1. The molecule has 1 heterocycles. The quantitative estimate of drug-likeness (QED) is 0.857. The van der Waals surface area contributed by atoms with Gasteiger partial charge in [-0.1, -0.05) is 30.3 Å². The van der Waals surface area contributed by atoms with Gasteiger partial charge in [-0.15, -0.1) is 0 Å². The number of nitrogens with zero attached hydrogens (tertiary/aromatic N) is 1. The number of rotatable bonds is 5. The van der Waals surface area contributed by atoms with Crippen LogP contribution in [0.25, 0.3) is 0 Å². The van der Waals surface area contributed by atoms with Gasteiger partial charge in [-0.3, -0.25) is 4.79 Å². The van der Waals surface area contributed by atoms with Crippen LogP contribution >= 0.6 is 0 Å². The van der Waals surface area contributed by atoms with Crippen LogP contribution in [0, 0.1) is 0 Å². The molecule has 0 unspecified atom stereocenters. The highest BCUT2D eigenvalue weighted by molar-refractivity contribution is 5.87. The zero-order chi connectivity index (χ0) is 15.2. The van der Waals surface area contributed by atoms with Crippen LogP contribution in [0.3, 0.4) is 0 Å². The van der Waals surface area contributed by atoms with Crippen molar-refractivity contribution in [2.24, 2.45) is 0 Å². The highest BCUT2D eigenvalue weighted by Gasteiger charge is 2.34. The smallest absolute Gasteiger partial charge is 0.326 e. The number of aliphatic carboxylic acids is 1. The predicted octanol–water partition coefficient (Wildman–Crippen LogP) is 1.28. The molecule has 0 spiro atoms. The normalized spacial score (nSPS) is 20.0. The van der Waals surface area contributed by atoms with Crippen LogP contribution in [-0.4, -0.2) is 47.6 Å². The molecule has 0 aliphatic carbocycles. The van der Waals surface area contributed by atoms with E-state index in [1.807, 2.05) is 30.3 Å². The molecule has 21 heavy (non-hydrogen) atoms. The van der Waals surface area contributed by atoms with Gasteiger partial charge in [0.25, 0.3) is 0 Å². The number of carboxylic acid groups (broad SMARTS) is 1. The lowest BCUT2D eigenvalue weighted by Crippen LogP contribution is -2.54. The van der Waals surface area contributed by atoms with Gasteiger partial charge < -0.3 is 15.3 Å². The maximum Gasteiger partial charge on any atom is 0.326 e. The van der Waals surface area contributed by atoms with Crippen molar-refractivity contribution in [3.05, 3.63) is 35.9 Å². The van der Waals surface area contributed by atoms with Crippen molar-refractivity contribution in [1.29, 1.82) is 0 Å². The average molecular weight is 290 g/mol. The molecule has 0 aromatic heterocycles. The minimum Gasteiger partial charge on any atom is -0.480 e. The van der Waals surface area contributed by atoms with Crippen molar-refractivity contribution in [3.8, 4) is 0 Å². The van der Waals surface area contributed by atoms with Crippen LogP contribution in [-0.2, 0) is 16.0 Å². The van der Waals surface area contributed by atoms with Crippen LogP contribution in [0.5, 0.6) is 0 Å². The molecular formula is C16H22N2O3. The summed E-state index contributed by atoms with van der Waals surface area (Å²) >= 11 is 0. The molecule has 0 bridgehead atoms. The van der Waals surface area contributed by atoms with Crippen LogP contribution < -0.4 is 5.32 Å². The van der Waals surface area contributed by atoms with Crippen molar-refractivity contribution in [2.45, 2.75) is 37.8 Å². The Kier molecular flexibility index (Phi) is 5.33. The molecule has 1 aliphatic rings. The van der Waals surface area contributed by atoms with Gasteiger partial charge in [0, 0.05) is 6.54 Å². The van der Waals surface area contributed by atoms with Gasteiger partial charge in [0.05, 0.1) is 6.04 Å². The summed E-state index contributed by atoms with van der Waals surface area (Å²) in [6, 6.07) is 8.70. The van der Waals surface area contributed by atoms with Crippen molar-refractivity contribution >= 4 is 11.9 Å². The number of likely N-dealkylation sites (tertiary alicyclic amines) is 1. The summed E-state index contributed by atoms with van der Waals surface area (Å²) < 4.78 is 0. The van der Waals surface area contributed by atoms with Crippen molar-refractivity contribution in [3.63, 3.8) is 0 Å². The molecule has 1 aliphatic heterocycles. The van der Waals surface area contributed by atoms with E-state index in [1.54, 1.807) is 7.05 Å². The van der Waals surface area contributed by atoms with Gasteiger partial charge in [0.15, 0.2) is 0 Å². The van der Waals surface area contributed by atoms with Gasteiger partial charge in [-0.2, -0.15) is 0 Å². The Balaban J connectivity index is 2.09. The molecule has 114 valence electrons. The number of hydrogen-bond acceptors (Lipinski definition) is 3. The molecule has 1 aromatic rings. The summed E-state index contributed by atoms with van der Waals surface area (Å²) in [6.07, 6.45) is 2.85. The predicted molar refractivity (Wildman–Crippen MR) is 80.0 cm³/mol. The van der Waals surface area contributed by atoms with Gasteiger partial charge in [-0.05, 0) is 38.3 Å². The molecule has 1 fully saturated rings. The van der Waals surface area contributed by atoms with Gasteiger partial charge in [0.1, 0.15) is 6.04 Å². The van der Waals surface area contributed by atoms with Gasteiger partial charge >= 0.3 is 5.97 Å². The lowest BCUT2D eigenvalue weighted by Gasteiger charge is -2.35. The summed E-state index contributed by atoms with van der Waals surface area (Å²) in [5.74, 6) is -1.02. The number of nitrogens with one attached hydrogen (secondary N) is 1. The Morgan fingerprint density at radius 3 is 2.67 bits per heavy atom. The Labute approximate surface area is 125 Å². The number of amides is 1. The minimum absolute atomic E-state index is 0.117. The maximum absolute atomic E-state index is 12.6. The van der Waals surface area contributed by atoms with Crippen molar-refractivity contribution < 1.29 is 14.7 Å². The first-order valence-electron chi connectivity index (χ1n) is 7.38. The zero-order valence-corrected chi connectivity index (χ0v) is 12.3. The molecular weight excluding hydrogens is 268 g/mol. The first-order chi connectivity index (χ1) is 10.1. The second-order valence-electron chi connectivity index (χ2n) is 5.41. The van der Waals surface area contributed by atoms with Crippen LogP contribution in [0.15, 0.2) is 30.3 Å². The zero-order valence-electron chi connectivity index (χ0n) is 12.3. The third kappa shape index (κ3) is 3.82. The third-order valence-corrected chi connectivity index (χ3v) is 4.00. The first kappa shape index (κ1) is 15.5. The number of piperidine rings is 1. The molecule has 5 nitrogen and oxygen atoms in total. The highest BCUT2D eigenvalue weighted by Crippen LogP contribution is 2.19. The largest absolute Gasteiger partial charge is 0.480 e. The average Bonchev–Trinajstić information content (AvgIpc) is 2.53. The maximum atomic E-state index is 12.6. The number of hydrogen-bond donors (Lipinski definition) is 2. The van der Waals surface area contributed by atoms with Crippen molar-refractivity contribution in [1.82, 2.24) is 10.2 Å². The molecule has 2 atom stereocenters. The van der Waals surface area contributed by atoms with Crippen molar-refractivity contribution in [2.75, 3.05) is 13.6 Å². The van der Waals surface area contributed by atoms with E-state index in [2.05, 4.69) is 5.32 Å². The molecule has 2 rings (SSSR count). The number of likely N-dealkylation sites (N-methyl/N-ethyl adjacent to an activating group) is 1. The Morgan fingerprint density at radius 1 is 1.33 bits per heavy atom. The second kappa shape index (κ2) is 7.22. The van der Waals surface area contributed by atoms with E-state index >= 15 is 0 Å². The Morgan fingerprint density at radius 2 is 2.05 bits per heavy atom. The molecule has 2 N–H and O–H groups in total. The fourth-order valence-corrected chi connectivity index (χ4v) is 2.81. The fourth-order valence-electron chi connectivity index (χ4n) is 2.81. The van der Waals surface area contributed by atoms with E-state index in [0.717, 1.165) is 18.4 Å². The van der Waals surface area contributed by atoms with Crippen LogP contribution in [0.4, 0.5) is 0 Å². The molecule has 0 saturated carbocycles. The summed E-state index contributed by atoms with van der Waals surface area (Å²) in [5, 5.41) is 12.3. The monoisotopic (exact) mass is 290 g/mol.